The zero-order chi connectivity index (χ0) is 21.6. The molecule has 0 radical (unpaired) electrons. The van der Waals surface area contributed by atoms with E-state index >= 15 is 0 Å². The largest absolute Gasteiger partial charge is 0.416 e. The second-order valence-electron chi connectivity index (χ2n) is 7.11. The van der Waals surface area contributed by atoms with Crippen molar-refractivity contribution in [1.82, 2.24) is 0 Å². The Kier molecular flexibility index (Phi) is 7.42. The maximum atomic E-state index is 13.2. The molecule has 2 aromatic carbocycles. The van der Waals surface area contributed by atoms with Crippen molar-refractivity contribution in [3.05, 3.63) is 59.7 Å². The van der Waals surface area contributed by atoms with E-state index in [4.69, 9.17) is 0 Å². The van der Waals surface area contributed by atoms with E-state index in [1.807, 2.05) is 11.0 Å². The zero-order valence-corrected chi connectivity index (χ0v) is 17.2. The van der Waals surface area contributed by atoms with Crippen molar-refractivity contribution in [3.8, 4) is 0 Å². The van der Waals surface area contributed by atoms with Crippen LogP contribution in [0.1, 0.15) is 35.2 Å². The standard InChI is InChI=1S/C22H23F3N2O2S/c23-22(24,25)17-9-10-19(27-11-5-2-6-12-27)18(13-17)26-21(29)15-30-14-20(28)16-7-3-1-4-8-16/h1,3-4,7-10,13H,2,5-6,11-12,14-15H2,(H,26,29). The van der Waals surface area contributed by atoms with Crippen LogP contribution in [0.15, 0.2) is 48.5 Å². The Morgan fingerprint density at radius 2 is 1.67 bits per heavy atom. The Morgan fingerprint density at radius 1 is 0.967 bits per heavy atom. The predicted octanol–water partition coefficient (Wildman–Crippen LogP) is 5.25. The van der Waals surface area contributed by atoms with Crippen molar-refractivity contribution in [1.29, 1.82) is 0 Å². The first-order valence-electron chi connectivity index (χ1n) is 9.76. The van der Waals surface area contributed by atoms with E-state index in [0.717, 1.165) is 56.2 Å². The fourth-order valence-electron chi connectivity index (χ4n) is 3.35. The maximum absolute atomic E-state index is 13.2. The lowest BCUT2D eigenvalue weighted by Crippen LogP contribution is -2.30. The van der Waals surface area contributed by atoms with Gasteiger partial charge in [-0.2, -0.15) is 13.2 Å². The molecule has 1 aliphatic heterocycles. The molecule has 0 spiro atoms. The molecule has 30 heavy (non-hydrogen) atoms. The van der Waals surface area contributed by atoms with Gasteiger partial charge in [-0.3, -0.25) is 9.59 Å². The molecule has 0 aromatic heterocycles. The number of anilines is 2. The number of carbonyl (C=O) groups is 2. The summed E-state index contributed by atoms with van der Waals surface area (Å²) in [7, 11) is 0. The van der Waals surface area contributed by atoms with Crippen LogP contribution in [-0.4, -0.2) is 36.3 Å². The quantitative estimate of drug-likeness (QED) is 0.603. The van der Waals surface area contributed by atoms with Gasteiger partial charge in [0, 0.05) is 18.7 Å². The molecular formula is C22H23F3N2O2S. The highest BCUT2D eigenvalue weighted by atomic mass is 32.2. The van der Waals surface area contributed by atoms with Crippen molar-refractivity contribution in [2.24, 2.45) is 0 Å². The molecule has 4 nitrogen and oxygen atoms in total. The smallest absolute Gasteiger partial charge is 0.370 e. The Labute approximate surface area is 177 Å². The van der Waals surface area contributed by atoms with Crippen molar-refractivity contribution in [2.45, 2.75) is 25.4 Å². The Bertz CT molecular complexity index is 882. The number of rotatable bonds is 7. The number of halogens is 3. The van der Waals surface area contributed by atoms with Crippen LogP contribution in [-0.2, 0) is 11.0 Å². The monoisotopic (exact) mass is 436 g/mol. The number of nitrogens with one attached hydrogen (secondary N) is 1. The number of carbonyl (C=O) groups excluding carboxylic acids is 2. The summed E-state index contributed by atoms with van der Waals surface area (Å²) in [5, 5.41) is 2.62. The van der Waals surface area contributed by atoms with Crippen LogP contribution in [0.25, 0.3) is 0 Å². The molecule has 1 aliphatic rings. The number of thioether (sulfide) groups is 1. The molecule has 0 saturated carbocycles. The van der Waals surface area contributed by atoms with Crippen LogP contribution in [0.5, 0.6) is 0 Å². The third-order valence-corrected chi connectivity index (χ3v) is 5.79. The normalized spacial score (nSPS) is 14.4. The summed E-state index contributed by atoms with van der Waals surface area (Å²) in [6, 6.07) is 12.2. The van der Waals surface area contributed by atoms with Crippen molar-refractivity contribution < 1.29 is 22.8 Å². The first-order chi connectivity index (χ1) is 14.3. The second kappa shape index (κ2) is 10.0. The summed E-state index contributed by atoms with van der Waals surface area (Å²) >= 11 is 1.14. The minimum Gasteiger partial charge on any atom is -0.370 e. The molecule has 3 rings (SSSR count). The molecule has 1 heterocycles. The lowest BCUT2D eigenvalue weighted by molar-refractivity contribution is -0.137. The molecule has 0 unspecified atom stereocenters. The highest BCUT2D eigenvalue weighted by molar-refractivity contribution is 8.00. The molecule has 160 valence electrons. The van der Waals surface area contributed by atoms with Gasteiger partial charge in [-0.05, 0) is 37.5 Å². The summed E-state index contributed by atoms with van der Waals surface area (Å²) in [5.74, 6) is -0.423. The van der Waals surface area contributed by atoms with Crippen LogP contribution in [0.3, 0.4) is 0 Å². The summed E-state index contributed by atoms with van der Waals surface area (Å²) in [5.41, 5.74) is 0.522. The summed E-state index contributed by atoms with van der Waals surface area (Å²) in [4.78, 5) is 26.5. The Hall–Kier alpha value is -2.48. The Balaban J connectivity index is 1.65. The van der Waals surface area contributed by atoms with Crippen LogP contribution in [0.4, 0.5) is 24.5 Å². The molecule has 0 atom stereocenters. The van der Waals surface area contributed by atoms with E-state index in [1.165, 1.54) is 6.07 Å². The highest BCUT2D eigenvalue weighted by Gasteiger charge is 2.31. The van der Waals surface area contributed by atoms with E-state index in [-0.39, 0.29) is 23.0 Å². The van der Waals surface area contributed by atoms with Crippen molar-refractivity contribution in [3.63, 3.8) is 0 Å². The van der Waals surface area contributed by atoms with Gasteiger partial charge in [-0.15, -0.1) is 11.8 Å². The molecule has 1 amide bonds. The Morgan fingerprint density at radius 3 is 2.33 bits per heavy atom. The topological polar surface area (TPSA) is 49.4 Å². The summed E-state index contributed by atoms with van der Waals surface area (Å²) in [6.07, 6.45) is -1.47. The third-order valence-electron chi connectivity index (χ3n) is 4.86. The van der Waals surface area contributed by atoms with Gasteiger partial charge in [-0.1, -0.05) is 30.3 Å². The van der Waals surface area contributed by atoms with Gasteiger partial charge >= 0.3 is 6.18 Å². The van der Waals surface area contributed by atoms with E-state index in [1.54, 1.807) is 24.3 Å². The van der Waals surface area contributed by atoms with Gasteiger partial charge in [0.15, 0.2) is 5.78 Å². The number of hydrogen-bond acceptors (Lipinski definition) is 4. The number of nitrogens with zero attached hydrogens (tertiary/aromatic N) is 1. The molecule has 2 aromatic rings. The molecule has 0 aliphatic carbocycles. The number of ketones is 1. The minimum atomic E-state index is -4.49. The van der Waals surface area contributed by atoms with Crippen LogP contribution >= 0.6 is 11.8 Å². The van der Waals surface area contributed by atoms with Gasteiger partial charge in [0.25, 0.3) is 0 Å². The van der Waals surface area contributed by atoms with Crippen LogP contribution in [0.2, 0.25) is 0 Å². The number of benzene rings is 2. The third kappa shape index (κ3) is 6.01. The summed E-state index contributed by atoms with van der Waals surface area (Å²) < 4.78 is 39.5. The first kappa shape index (κ1) is 22.2. The number of amides is 1. The van der Waals surface area contributed by atoms with Gasteiger partial charge in [0.1, 0.15) is 0 Å². The minimum absolute atomic E-state index is 0.0196. The van der Waals surface area contributed by atoms with Gasteiger partial charge < -0.3 is 10.2 Å². The van der Waals surface area contributed by atoms with E-state index in [0.29, 0.717) is 11.3 Å². The van der Waals surface area contributed by atoms with Gasteiger partial charge in [-0.25, -0.2) is 0 Å². The second-order valence-corrected chi connectivity index (χ2v) is 8.09. The fourth-order valence-corrected chi connectivity index (χ4v) is 4.06. The van der Waals surface area contributed by atoms with E-state index in [2.05, 4.69) is 5.32 Å². The zero-order valence-electron chi connectivity index (χ0n) is 16.4. The lowest BCUT2D eigenvalue weighted by Gasteiger charge is -2.31. The van der Waals surface area contributed by atoms with E-state index in [9.17, 15) is 22.8 Å². The molecule has 1 N–H and O–H groups in total. The highest BCUT2D eigenvalue weighted by Crippen LogP contribution is 2.36. The van der Waals surface area contributed by atoms with Crippen molar-refractivity contribution >= 4 is 34.8 Å². The SMILES string of the molecule is O=C(CSCC(=O)c1ccccc1)Nc1cc(C(F)(F)F)ccc1N1CCCCC1. The molecule has 1 fully saturated rings. The fraction of sp³-hybridized carbons (Fsp3) is 0.364. The van der Waals surface area contributed by atoms with Crippen LogP contribution in [0, 0.1) is 0 Å². The lowest BCUT2D eigenvalue weighted by atomic mass is 10.1. The summed E-state index contributed by atoms with van der Waals surface area (Å²) in [6.45, 7) is 1.49. The van der Waals surface area contributed by atoms with Crippen molar-refractivity contribution in [2.75, 3.05) is 34.8 Å². The molecule has 0 bridgehead atoms. The van der Waals surface area contributed by atoms with Gasteiger partial charge in [0.05, 0.1) is 28.4 Å². The molecule has 1 saturated heterocycles. The molecular weight excluding hydrogens is 413 g/mol. The van der Waals surface area contributed by atoms with Crippen LogP contribution < -0.4 is 10.2 Å². The van der Waals surface area contributed by atoms with Gasteiger partial charge in [0.2, 0.25) is 5.91 Å². The number of Topliss-reactive ketones (excluding diaryl/α,β-unsaturated/α-hetero) is 1. The number of piperidine rings is 1. The maximum Gasteiger partial charge on any atom is 0.416 e. The number of hydrogen-bond donors (Lipinski definition) is 1. The average molecular weight is 436 g/mol. The predicted molar refractivity (Wildman–Crippen MR) is 114 cm³/mol. The molecule has 8 heteroatoms. The number of alkyl halides is 3. The first-order valence-corrected chi connectivity index (χ1v) is 10.9. The van der Waals surface area contributed by atoms with E-state index < -0.39 is 17.6 Å². The average Bonchev–Trinajstić information content (AvgIpc) is 2.74.